The fourth-order valence-electron chi connectivity index (χ4n) is 3.37. The molecule has 0 spiro atoms. The predicted octanol–water partition coefficient (Wildman–Crippen LogP) is 3.31. The summed E-state index contributed by atoms with van der Waals surface area (Å²) in [6.07, 6.45) is 4.97. The van der Waals surface area contributed by atoms with Crippen LogP contribution in [0.4, 0.5) is 5.69 Å². The van der Waals surface area contributed by atoms with Crippen molar-refractivity contribution in [1.82, 2.24) is 19.6 Å². The number of nitrogens with zero attached hydrogens (tertiary/aromatic N) is 5. The first-order chi connectivity index (χ1) is 12.7. The first-order valence-corrected chi connectivity index (χ1v) is 9.03. The summed E-state index contributed by atoms with van der Waals surface area (Å²) in [6, 6.07) is 6.28. The Morgan fingerprint density at radius 3 is 3.08 bits per heavy atom. The van der Waals surface area contributed by atoms with Crippen LogP contribution in [0.15, 0.2) is 30.6 Å². The summed E-state index contributed by atoms with van der Waals surface area (Å²) in [5.41, 5.74) is 2.04. The molecule has 0 radical (unpaired) electrons. The summed E-state index contributed by atoms with van der Waals surface area (Å²) in [6.45, 7) is 0.0559. The largest absolute Gasteiger partial charge is 0.478 e. The number of nitro groups is 1. The molecule has 5 rings (SSSR count). The Labute approximate surface area is 151 Å². The minimum Gasteiger partial charge on any atom is -0.478 e. The number of aromatic nitrogens is 4. The van der Waals surface area contributed by atoms with Gasteiger partial charge in [0.1, 0.15) is 11.2 Å². The maximum absolute atomic E-state index is 11.1. The van der Waals surface area contributed by atoms with Gasteiger partial charge in [0.25, 0.3) is 0 Å². The van der Waals surface area contributed by atoms with Crippen molar-refractivity contribution < 1.29 is 9.66 Å². The number of para-hydroxylation sites is 2. The van der Waals surface area contributed by atoms with Gasteiger partial charge in [0.2, 0.25) is 0 Å². The van der Waals surface area contributed by atoms with E-state index in [1.54, 1.807) is 40.4 Å². The van der Waals surface area contributed by atoms with Gasteiger partial charge in [-0.15, -0.1) is 16.4 Å². The molecule has 0 unspecified atom stereocenters. The van der Waals surface area contributed by atoms with Gasteiger partial charge in [-0.25, -0.2) is 14.5 Å². The number of hydrogen-bond donors (Lipinski definition) is 0. The molecule has 3 aromatic heterocycles. The van der Waals surface area contributed by atoms with E-state index in [4.69, 9.17) is 4.74 Å². The topological polar surface area (TPSA) is 95.5 Å². The highest BCUT2D eigenvalue weighted by molar-refractivity contribution is 7.19. The standard InChI is InChI=1S/C17H13N5O3S/c23-22(24)11-5-1-2-6-12(11)25-8-14-19-16-15-10-4-3-7-13(10)26-17(15)18-9-21(16)20-14/h1-2,5-6,9H,3-4,7-8H2. The van der Waals surface area contributed by atoms with Crippen molar-refractivity contribution in [2.24, 2.45) is 0 Å². The van der Waals surface area contributed by atoms with Gasteiger partial charge in [-0.3, -0.25) is 10.1 Å². The lowest BCUT2D eigenvalue weighted by molar-refractivity contribution is -0.385. The first-order valence-electron chi connectivity index (χ1n) is 8.21. The van der Waals surface area contributed by atoms with Crippen LogP contribution in [0, 0.1) is 10.1 Å². The van der Waals surface area contributed by atoms with Crippen molar-refractivity contribution in [3.63, 3.8) is 0 Å². The average molecular weight is 367 g/mol. The second-order valence-electron chi connectivity index (χ2n) is 6.09. The Bertz CT molecular complexity index is 1170. The van der Waals surface area contributed by atoms with Crippen molar-refractivity contribution in [2.45, 2.75) is 25.9 Å². The number of benzene rings is 1. The van der Waals surface area contributed by atoms with Gasteiger partial charge >= 0.3 is 5.69 Å². The van der Waals surface area contributed by atoms with Crippen LogP contribution >= 0.6 is 11.3 Å². The van der Waals surface area contributed by atoms with Crippen LogP contribution in [0.25, 0.3) is 15.9 Å². The summed E-state index contributed by atoms with van der Waals surface area (Å²) in [7, 11) is 0. The molecule has 0 aliphatic heterocycles. The van der Waals surface area contributed by atoms with Crippen molar-refractivity contribution in [2.75, 3.05) is 0 Å². The van der Waals surface area contributed by atoms with Gasteiger partial charge in [0.05, 0.1) is 10.3 Å². The van der Waals surface area contributed by atoms with Crippen molar-refractivity contribution in [3.8, 4) is 5.75 Å². The minimum absolute atomic E-state index is 0.0559. The third-order valence-electron chi connectivity index (χ3n) is 4.50. The number of ether oxygens (including phenoxy) is 1. The van der Waals surface area contributed by atoms with Gasteiger partial charge in [-0.05, 0) is 30.9 Å². The molecule has 8 nitrogen and oxygen atoms in total. The predicted molar refractivity (Wildman–Crippen MR) is 95.6 cm³/mol. The van der Waals surface area contributed by atoms with E-state index in [9.17, 15) is 10.1 Å². The molecule has 0 atom stereocenters. The van der Waals surface area contributed by atoms with E-state index in [2.05, 4.69) is 15.1 Å². The molecule has 1 aliphatic carbocycles. The van der Waals surface area contributed by atoms with Gasteiger partial charge in [0, 0.05) is 10.9 Å². The van der Waals surface area contributed by atoms with Crippen LogP contribution in [0.1, 0.15) is 22.7 Å². The normalized spacial score (nSPS) is 13.4. The lowest BCUT2D eigenvalue weighted by Gasteiger charge is -2.03. The molecule has 0 N–H and O–H groups in total. The highest BCUT2D eigenvalue weighted by Crippen LogP contribution is 2.37. The molecule has 0 fully saturated rings. The van der Waals surface area contributed by atoms with Crippen molar-refractivity contribution in [1.29, 1.82) is 0 Å². The number of nitro benzene ring substituents is 1. The molecule has 4 aromatic rings. The maximum Gasteiger partial charge on any atom is 0.310 e. The average Bonchev–Trinajstić information content (AvgIpc) is 3.32. The molecule has 1 aromatic carbocycles. The molecule has 130 valence electrons. The third kappa shape index (κ3) is 2.31. The number of hydrogen-bond acceptors (Lipinski definition) is 7. The molecule has 0 amide bonds. The SMILES string of the molecule is O=[N+]([O-])c1ccccc1OCc1nc2c3c4c(sc3ncn2n1)CCC4. The quantitative estimate of drug-likeness (QED) is 0.406. The van der Waals surface area contributed by atoms with Gasteiger partial charge in [0.15, 0.2) is 23.8 Å². The van der Waals surface area contributed by atoms with E-state index >= 15 is 0 Å². The van der Waals surface area contributed by atoms with Crippen molar-refractivity contribution in [3.05, 3.63) is 57.0 Å². The maximum atomic E-state index is 11.1. The fraction of sp³-hybridized carbons (Fsp3) is 0.235. The lowest BCUT2D eigenvalue weighted by atomic mass is 10.2. The van der Waals surface area contributed by atoms with Crippen molar-refractivity contribution >= 4 is 32.9 Å². The Morgan fingerprint density at radius 1 is 1.31 bits per heavy atom. The smallest absolute Gasteiger partial charge is 0.310 e. The zero-order valence-electron chi connectivity index (χ0n) is 13.6. The fourth-order valence-corrected chi connectivity index (χ4v) is 4.59. The Hall–Kier alpha value is -3.07. The monoisotopic (exact) mass is 367 g/mol. The van der Waals surface area contributed by atoms with Crippen LogP contribution in [0.3, 0.4) is 0 Å². The second kappa shape index (κ2) is 5.73. The summed E-state index contributed by atoms with van der Waals surface area (Å²) in [5.74, 6) is 0.673. The zero-order valence-corrected chi connectivity index (χ0v) is 14.4. The summed E-state index contributed by atoms with van der Waals surface area (Å²) in [4.78, 5) is 22.1. The lowest BCUT2D eigenvalue weighted by Crippen LogP contribution is -2.00. The number of fused-ring (bicyclic) bond motifs is 5. The van der Waals surface area contributed by atoms with E-state index in [0.717, 1.165) is 28.7 Å². The second-order valence-corrected chi connectivity index (χ2v) is 7.18. The molecule has 9 heteroatoms. The molecule has 0 bridgehead atoms. The van der Waals surface area contributed by atoms with Gasteiger partial charge in [-0.1, -0.05) is 12.1 Å². The summed E-state index contributed by atoms with van der Waals surface area (Å²) < 4.78 is 7.26. The molecular formula is C17H13N5O3S. The minimum atomic E-state index is -0.464. The van der Waals surface area contributed by atoms with Gasteiger partial charge < -0.3 is 4.74 Å². The van der Waals surface area contributed by atoms with E-state index in [-0.39, 0.29) is 18.0 Å². The Morgan fingerprint density at radius 2 is 2.19 bits per heavy atom. The Kier molecular flexibility index (Phi) is 3.35. The number of rotatable bonds is 4. The number of thiophene rings is 1. The van der Waals surface area contributed by atoms with E-state index in [1.807, 2.05) is 0 Å². The van der Waals surface area contributed by atoms with Gasteiger partial charge in [-0.2, -0.15) is 0 Å². The van der Waals surface area contributed by atoms with Crippen LogP contribution < -0.4 is 4.74 Å². The molecule has 0 saturated carbocycles. The van der Waals surface area contributed by atoms with E-state index in [1.165, 1.54) is 22.9 Å². The molecule has 26 heavy (non-hydrogen) atoms. The summed E-state index contributed by atoms with van der Waals surface area (Å²) >= 11 is 1.73. The van der Waals surface area contributed by atoms with E-state index in [0.29, 0.717) is 5.82 Å². The van der Waals surface area contributed by atoms with E-state index < -0.39 is 4.92 Å². The molecule has 0 saturated heterocycles. The highest BCUT2D eigenvalue weighted by atomic mass is 32.1. The van der Waals surface area contributed by atoms with Crippen LogP contribution in [-0.2, 0) is 19.4 Å². The summed E-state index contributed by atoms with van der Waals surface area (Å²) in [5, 5.41) is 16.6. The van der Waals surface area contributed by atoms with Crippen LogP contribution in [-0.4, -0.2) is 24.5 Å². The Balaban J connectivity index is 1.51. The van der Waals surface area contributed by atoms with Crippen LogP contribution in [0.2, 0.25) is 0 Å². The zero-order chi connectivity index (χ0) is 17.7. The molecule has 3 heterocycles. The number of aryl methyl sites for hydroxylation is 2. The highest BCUT2D eigenvalue weighted by Gasteiger charge is 2.22. The molecule has 1 aliphatic rings. The van der Waals surface area contributed by atoms with Crippen LogP contribution in [0.5, 0.6) is 5.75 Å². The first kappa shape index (κ1) is 15.2. The molecular weight excluding hydrogens is 354 g/mol. The third-order valence-corrected chi connectivity index (χ3v) is 5.70.